The number of hydrogen-bond acceptors (Lipinski definition) is 4. The summed E-state index contributed by atoms with van der Waals surface area (Å²) in [5.74, 6) is 3.62. The number of carbonyl (C=O) groups is 1. The molecule has 4 bridgehead atoms. The summed E-state index contributed by atoms with van der Waals surface area (Å²) in [6.07, 6.45) is 16.1. The van der Waals surface area contributed by atoms with E-state index in [1.165, 1.54) is 57.8 Å². The van der Waals surface area contributed by atoms with E-state index < -0.39 is 0 Å². The van der Waals surface area contributed by atoms with Crippen LogP contribution in [0.2, 0.25) is 0 Å². The fourth-order valence-corrected chi connectivity index (χ4v) is 6.70. The Labute approximate surface area is 156 Å². The molecule has 5 fully saturated rings. The van der Waals surface area contributed by atoms with Crippen molar-refractivity contribution in [3.8, 4) is 0 Å². The molecular formula is C21H30N4O. The number of rotatable bonds is 4. The van der Waals surface area contributed by atoms with Gasteiger partial charge in [0.25, 0.3) is 0 Å². The number of anilines is 2. The molecule has 140 valence electrons. The maximum absolute atomic E-state index is 12.7. The molecule has 26 heavy (non-hydrogen) atoms. The highest BCUT2D eigenvalue weighted by atomic mass is 16.1. The topological polar surface area (TPSA) is 58.1 Å². The van der Waals surface area contributed by atoms with Crippen molar-refractivity contribution in [1.29, 1.82) is 0 Å². The minimum absolute atomic E-state index is 0.154. The van der Waals surface area contributed by atoms with E-state index in [4.69, 9.17) is 0 Å². The first-order valence-electron chi connectivity index (χ1n) is 10.5. The zero-order valence-electron chi connectivity index (χ0n) is 15.6. The molecule has 1 amide bonds. The van der Waals surface area contributed by atoms with E-state index in [-0.39, 0.29) is 11.3 Å². The van der Waals surface area contributed by atoms with Gasteiger partial charge in [-0.3, -0.25) is 4.79 Å². The molecule has 0 unspecified atom stereocenters. The average molecular weight is 354 g/mol. The second-order valence-corrected chi connectivity index (χ2v) is 9.46. The van der Waals surface area contributed by atoms with Gasteiger partial charge in [0.05, 0.1) is 18.1 Å². The first-order chi connectivity index (χ1) is 12.7. The van der Waals surface area contributed by atoms with E-state index in [0.717, 1.165) is 42.5 Å². The van der Waals surface area contributed by atoms with Crippen molar-refractivity contribution in [2.75, 3.05) is 23.3 Å². The van der Waals surface area contributed by atoms with Gasteiger partial charge in [-0.25, -0.2) is 9.97 Å². The van der Waals surface area contributed by atoms with Crippen LogP contribution in [-0.2, 0) is 4.79 Å². The summed E-state index contributed by atoms with van der Waals surface area (Å²) in [6.45, 7) is 2.08. The molecule has 1 saturated heterocycles. The van der Waals surface area contributed by atoms with Gasteiger partial charge in [0.2, 0.25) is 11.9 Å². The SMILES string of the molecule is O=C(CC12CC3CC(CC(C3)C1)C2)Nc1cnc(N2CCCCC2)nc1. The monoisotopic (exact) mass is 354 g/mol. The minimum atomic E-state index is 0.154. The Morgan fingerprint density at radius 2 is 1.58 bits per heavy atom. The van der Waals surface area contributed by atoms with Crippen molar-refractivity contribution in [1.82, 2.24) is 9.97 Å². The van der Waals surface area contributed by atoms with Crippen molar-refractivity contribution >= 4 is 17.5 Å². The molecule has 5 aliphatic rings. The molecule has 0 aromatic carbocycles. The number of aromatic nitrogens is 2. The van der Waals surface area contributed by atoms with Crippen LogP contribution < -0.4 is 10.2 Å². The molecule has 6 rings (SSSR count). The Bertz CT molecular complexity index is 630. The normalized spacial score (nSPS) is 35.5. The number of amides is 1. The zero-order chi connectivity index (χ0) is 17.6. The third-order valence-corrected chi connectivity index (χ3v) is 7.26. The second-order valence-electron chi connectivity index (χ2n) is 9.46. The molecule has 5 nitrogen and oxygen atoms in total. The van der Waals surface area contributed by atoms with Crippen LogP contribution in [0, 0.1) is 23.2 Å². The molecule has 0 atom stereocenters. The van der Waals surface area contributed by atoms with E-state index in [0.29, 0.717) is 6.42 Å². The van der Waals surface area contributed by atoms with Gasteiger partial charge in [-0.15, -0.1) is 0 Å². The van der Waals surface area contributed by atoms with Gasteiger partial charge < -0.3 is 10.2 Å². The van der Waals surface area contributed by atoms with E-state index >= 15 is 0 Å². The lowest BCUT2D eigenvalue weighted by Gasteiger charge is -2.56. The fraction of sp³-hybridized carbons (Fsp3) is 0.762. The molecule has 4 saturated carbocycles. The van der Waals surface area contributed by atoms with Gasteiger partial charge in [-0.1, -0.05) is 0 Å². The van der Waals surface area contributed by atoms with Crippen molar-refractivity contribution in [2.24, 2.45) is 23.2 Å². The molecule has 0 radical (unpaired) electrons. The smallest absolute Gasteiger partial charge is 0.225 e. The van der Waals surface area contributed by atoms with Crippen molar-refractivity contribution < 1.29 is 4.79 Å². The van der Waals surface area contributed by atoms with Crippen LogP contribution in [0.25, 0.3) is 0 Å². The Balaban J connectivity index is 1.20. The molecule has 1 N–H and O–H groups in total. The van der Waals surface area contributed by atoms with Crippen LogP contribution in [0.1, 0.15) is 64.2 Å². The van der Waals surface area contributed by atoms with Gasteiger partial charge >= 0.3 is 0 Å². The number of nitrogens with one attached hydrogen (secondary N) is 1. The van der Waals surface area contributed by atoms with Crippen LogP contribution in [0.15, 0.2) is 12.4 Å². The summed E-state index contributed by atoms with van der Waals surface area (Å²) in [6, 6.07) is 0. The highest BCUT2D eigenvalue weighted by Crippen LogP contribution is 2.61. The summed E-state index contributed by atoms with van der Waals surface area (Å²) in [5, 5.41) is 3.06. The van der Waals surface area contributed by atoms with Gasteiger partial charge in [0.15, 0.2) is 0 Å². The first kappa shape index (κ1) is 16.5. The van der Waals surface area contributed by atoms with E-state index in [1.807, 2.05) is 0 Å². The third-order valence-electron chi connectivity index (χ3n) is 7.26. The Morgan fingerprint density at radius 1 is 1.00 bits per heavy atom. The van der Waals surface area contributed by atoms with E-state index in [1.54, 1.807) is 12.4 Å². The Hall–Kier alpha value is -1.65. The molecule has 4 aliphatic carbocycles. The quantitative estimate of drug-likeness (QED) is 0.887. The van der Waals surface area contributed by atoms with E-state index in [9.17, 15) is 4.79 Å². The maximum atomic E-state index is 12.7. The molecule has 5 heteroatoms. The molecule has 0 spiro atoms. The van der Waals surface area contributed by atoms with E-state index in [2.05, 4.69) is 20.2 Å². The van der Waals surface area contributed by atoms with Crippen LogP contribution in [-0.4, -0.2) is 29.0 Å². The summed E-state index contributed by atoms with van der Waals surface area (Å²) in [4.78, 5) is 23.9. The van der Waals surface area contributed by atoms with Gasteiger partial charge in [-0.05, 0) is 81.0 Å². The minimum Gasteiger partial charge on any atom is -0.341 e. The van der Waals surface area contributed by atoms with Crippen molar-refractivity contribution in [2.45, 2.75) is 64.2 Å². The molecular weight excluding hydrogens is 324 g/mol. The van der Waals surface area contributed by atoms with Crippen LogP contribution in [0.4, 0.5) is 11.6 Å². The van der Waals surface area contributed by atoms with Crippen molar-refractivity contribution in [3.05, 3.63) is 12.4 Å². The fourth-order valence-electron chi connectivity index (χ4n) is 6.70. The molecule has 2 heterocycles. The lowest BCUT2D eigenvalue weighted by Crippen LogP contribution is -2.47. The lowest BCUT2D eigenvalue weighted by atomic mass is 9.49. The lowest BCUT2D eigenvalue weighted by molar-refractivity contribution is -0.124. The molecule has 1 aromatic heterocycles. The Kier molecular flexibility index (Phi) is 4.13. The summed E-state index contributed by atoms with van der Waals surface area (Å²) >= 11 is 0. The Morgan fingerprint density at radius 3 is 2.15 bits per heavy atom. The summed E-state index contributed by atoms with van der Waals surface area (Å²) in [7, 11) is 0. The van der Waals surface area contributed by atoms with Crippen LogP contribution >= 0.6 is 0 Å². The predicted molar refractivity (Wildman–Crippen MR) is 102 cm³/mol. The number of nitrogens with zero attached hydrogens (tertiary/aromatic N) is 3. The number of piperidine rings is 1. The zero-order valence-corrected chi connectivity index (χ0v) is 15.6. The maximum Gasteiger partial charge on any atom is 0.225 e. The van der Waals surface area contributed by atoms with Crippen LogP contribution in [0.5, 0.6) is 0 Å². The first-order valence-corrected chi connectivity index (χ1v) is 10.5. The van der Waals surface area contributed by atoms with Crippen molar-refractivity contribution in [3.63, 3.8) is 0 Å². The van der Waals surface area contributed by atoms with Gasteiger partial charge in [0, 0.05) is 19.5 Å². The number of carbonyl (C=O) groups excluding carboxylic acids is 1. The standard InChI is InChI=1S/C21H30N4O/c26-19(12-21-9-15-6-16(10-21)8-17(7-15)11-21)24-18-13-22-20(23-14-18)25-4-2-1-3-5-25/h13-17H,1-12H2,(H,24,26). The highest BCUT2D eigenvalue weighted by molar-refractivity contribution is 5.90. The van der Waals surface area contributed by atoms with Gasteiger partial charge in [-0.2, -0.15) is 0 Å². The highest BCUT2D eigenvalue weighted by Gasteiger charge is 2.51. The molecule has 1 aliphatic heterocycles. The summed E-state index contributed by atoms with van der Waals surface area (Å²) in [5.41, 5.74) is 1.02. The third kappa shape index (κ3) is 3.21. The predicted octanol–water partition coefficient (Wildman–Crippen LogP) is 4.01. The average Bonchev–Trinajstić information content (AvgIpc) is 2.61. The van der Waals surface area contributed by atoms with Crippen LogP contribution in [0.3, 0.4) is 0 Å². The largest absolute Gasteiger partial charge is 0.341 e. The van der Waals surface area contributed by atoms with Gasteiger partial charge in [0.1, 0.15) is 0 Å². The number of hydrogen-bond donors (Lipinski definition) is 1. The molecule has 1 aromatic rings. The summed E-state index contributed by atoms with van der Waals surface area (Å²) < 4.78 is 0. The second kappa shape index (κ2) is 6.50.